The maximum absolute atomic E-state index is 13.0. The number of halogens is 2. The van der Waals surface area contributed by atoms with E-state index in [9.17, 15) is 18.4 Å². The lowest BCUT2D eigenvalue weighted by molar-refractivity contribution is -0.152. The van der Waals surface area contributed by atoms with Crippen molar-refractivity contribution >= 4 is 17.6 Å². The highest BCUT2D eigenvalue weighted by Gasteiger charge is 2.17. The molecular formula is C9H8F2N2O3. The van der Waals surface area contributed by atoms with Crippen molar-refractivity contribution in [3.05, 3.63) is 24.0 Å². The van der Waals surface area contributed by atoms with Crippen molar-refractivity contribution in [1.82, 2.24) is 4.98 Å². The number of aromatic nitrogens is 1. The van der Waals surface area contributed by atoms with Crippen molar-refractivity contribution in [3.8, 4) is 0 Å². The number of hydrogen-bond acceptors (Lipinski definition) is 4. The Hall–Kier alpha value is -2.05. The first-order valence-electron chi connectivity index (χ1n) is 4.33. The topological polar surface area (TPSA) is 68.3 Å². The number of nitrogens with zero attached hydrogens (tertiary/aromatic N) is 1. The lowest BCUT2D eigenvalue weighted by Crippen LogP contribution is -2.25. The minimum atomic E-state index is -1.15. The van der Waals surface area contributed by atoms with Crippen LogP contribution in [0.25, 0.3) is 0 Å². The van der Waals surface area contributed by atoms with E-state index in [0.29, 0.717) is 6.07 Å². The minimum Gasteiger partial charge on any atom is -0.459 e. The number of esters is 1. The summed E-state index contributed by atoms with van der Waals surface area (Å²) in [6.45, 7) is 1.54. The SMILES string of the molecule is CCOC(=O)C(=O)Nc1cnc(F)cc1F. The maximum Gasteiger partial charge on any atom is 0.397 e. The van der Waals surface area contributed by atoms with Crippen LogP contribution in [-0.4, -0.2) is 23.5 Å². The van der Waals surface area contributed by atoms with Crippen LogP contribution in [0.5, 0.6) is 0 Å². The summed E-state index contributed by atoms with van der Waals surface area (Å²) in [4.78, 5) is 25.1. The zero-order chi connectivity index (χ0) is 12.1. The average molecular weight is 230 g/mol. The lowest BCUT2D eigenvalue weighted by Gasteiger charge is -2.04. The summed E-state index contributed by atoms with van der Waals surface area (Å²) in [5.41, 5.74) is -0.389. The molecule has 0 spiro atoms. The number of anilines is 1. The van der Waals surface area contributed by atoms with Crippen molar-refractivity contribution in [2.45, 2.75) is 6.92 Å². The van der Waals surface area contributed by atoms with E-state index in [1.165, 1.54) is 6.92 Å². The Bertz CT molecular complexity index is 423. The van der Waals surface area contributed by atoms with Crippen molar-refractivity contribution in [1.29, 1.82) is 0 Å². The third-order valence-electron chi connectivity index (χ3n) is 1.53. The second-order valence-electron chi connectivity index (χ2n) is 2.66. The second kappa shape index (κ2) is 5.15. The Morgan fingerprint density at radius 3 is 2.75 bits per heavy atom. The highest BCUT2D eigenvalue weighted by atomic mass is 19.1. The van der Waals surface area contributed by atoms with Gasteiger partial charge in [0.25, 0.3) is 0 Å². The van der Waals surface area contributed by atoms with Gasteiger partial charge in [-0.15, -0.1) is 0 Å². The number of nitrogens with one attached hydrogen (secondary N) is 1. The Balaban J connectivity index is 2.73. The fourth-order valence-electron chi connectivity index (χ4n) is 0.869. The van der Waals surface area contributed by atoms with E-state index in [2.05, 4.69) is 9.72 Å². The number of amides is 1. The highest BCUT2D eigenvalue weighted by molar-refractivity contribution is 6.37. The number of carbonyl (C=O) groups excluding carboxylic acids is 2. The van der Waals surface area contributed by atoms with Crippen LogP contribution < -0.4 is 5.32 Å². The molecule has 1 aromatic rings. The molecule has 0 saturated carbocycles. The van der Waals surface area contributed by atoms with Gasteiger partial charge in [0.1, 0.15) is 0 Å². The zero-order valence-corrected chi connectivity index (χ0v) is 8.29. The molecule has 0 aliphatic carbocycles. The van der Waals surface area contributed by atoms with Crippen LogP contribution in [0.1, 0.15) is 6.92 Å². The number of carbonyl (C=O) groups is 2. The second-order valence-corrected chi connectivity index (χ2v) is 2.66. The molecule has 1 heterocycles. The molecule has 1 rings (SSSR count). The van der Waals surface area contributed by atoms with Gasteiger partial charge in [-0.05, 0) is 6.92 Å². The van der Waals surface area contributed by atoms with Gasteiger partial charge in [-0.3, -0.25) is 4.79 Å². The molecule has 1 amide bonds. The van der Waals surface area contributed by atoms with E-state index in [4.69, 9.17) is 0 Å². The quantitative estimate of drug-likeness (QED) is 0.465. The molecule has 7 heteroatoms. The van der Waals surface area contributed by atoms with Crippen LogP contribution >= 0.6 is 0 Å². The minimum absolute atomic E-state index is 0.0242. The van der Waals surface area contributed by atoms with Gasteiger partial charge < -0.3 is 10.1 Å². The van der Waals surface area contributed by atoms with Gasteiger partial charge in [0, 0.05) is 6.07 Å². The molecule has 5 nitrogen and oxygen atoms in total. The van der Waals surface area contributed by atoms with Crippen LogP contribution in [0.4, 0.5) is 14.5 Å². The summed E-state index contributed by atoms with van der Waals surface area (Å²) in [7, 11) is 0. The van der Waals surface area contributed by atoms with Crippen molar-refractivity contribution in [2.24, 2.45) is 0 Å². The largest absolute Gasteiger partial charge is 0.459 e. The predicted molar refractivity (Wildman–Crippen MR) is 49.4 cm³/mol. The third kappa shape index (κ3) is 2.97. The summed E-state index contributed by atoms with van der Waals surface area (Å²) in [5.74, 6) is -4.34. The molecular weight excluding hydrogens is 222 g/mol. The van der Waals surface area contributed by atoms with E-state index >= 15 is 0 Å². The summed E-state index contributed by atoms with van der Waals surface area (Å²) in [6.07, 6.45) is 0.766. The van der Waals surface area contributed by atoms with Crippen LogP contribution in [0, 0.1) is 11.8 Å². The predicted octanol–water partition coefficient (Wildman–Crippen LogP) is 0.861. The van der Waals surface area contributed by atoms with Gasteiger partial charge in [-0.25, -0.2) is 14.2 Å². The molecule has 0 aliphatic heterocycles. The number of pyridine rings is 1. The van der Waals surface area contributed by atoms with Crippen molar-refractivity contribution in [2.75, 3.05) is 11.9 Å². The molecule has 86 valence electrons. The summed E-state index contributed by atoms with van der Waals surface area (Å²) >= 11 is 0. The molecule has 0 aliphatic rings. The van der Waals surface area contributed by atoms with Crippen LogP contribution in [0.15, 0.2) is 12.3 Å². The van der Waals surface area contributed by atoms with E-state index in [1.54, 1.807) is 0 Å². The molecule has 1 aromatic heterocycles. The van der Waals surface area contributed by atoms with E-state index in [-0.39, 0.29) is 12.3 Å². The molecule has 0 unspecified atom stereocenters. The van der Waals surface area contributed by atoms with Crippen LogP contribution in [0.3, 0.4) is 0 Å². The lowest BCUT2D eigenvalue weighted by atomic mass is 10.4. The first kappa shape index (κ1) is 12.0. The van der Waals surface area contributed by atoms with Gasteiger partial charge >= 0.3 is 11.9 Å². The van der Waals surface area contributed by atoms with Crippen LogP contribution in [0.2, 0.25) is 0 Å². The molecule has 0 aromatic carbocycles. The normalized spacial score (nSPS) is 9.69. The summed E-state index contributed by atoms with van der Waals surface area (Å²) < 4.78 is 29.8. The molecule has 0 fully saturated rings. The summed E-state index contributed by atoms with van der Waals surface area (Å²) in [5, 5.41) is 1.90. The molecule has 0 bridgehead atoms. The maximum atomic E-state index is 13.0. The van der Waals surface area contributed by atoms with E-state index in [0.717, 1.165) is 6.20 Å². The standard InChI is InChI=1S/C9H8F2N2O3/c1-2-16-9(15)8(14)13-6-4-12-7(11)3-5(6)10/h3-4H,2H2,1H3,(H,13,14). The molecule has 0 radical (unpaired) electrons. The van der Waals surface area contributed by atoms with E-state index < -0.39 is 23.6 Å². The van der Waals surface area contributed by atoms with E-state index in [1.807, 2.05) is 5.32 Å². The average Bonchev–Trinajstić information content (AvgIpc) is 2.22. The Morgan fingerprint density at radius 2 is 2.19 bits per heavy atom. The molecule has 16 heavy (non-hydrogen) atoms. The smallest absolute Gasteiger partial charge is 0.397 e. The molecule has 0 saturated heterocycles. The monoisotopic (exact) mass is 230 g/mol. The Labute approximate surface area is 89.4 Å². The number of hydrogen-bond donors (Lipinski definition) is 1. The highest BCUT2D eigenvalue weighted by Crippen LogP contribution is 2.12. The third-order valence-corrected chi connectivity index (χ3v) is 1.53. The van der Waals surface area contributed by atoms with Gasteiger partial charge in [0.05, 0.1) is 18.5 Å². The summed E-state index contributed by atoms with van der Waals surface area (Å²) in [6, 6.07) is 0.487. The van der Waals surface area contributed by atoms with Crippen molar-refractivity contribution in [3.63, 3.8) is 0 Å². The Morgan fingerprint density at radius 1 is 1.50 bits per heavy atom. The van der Waals surface area contributed by atoms with Gasteiger partial charge in [-0.1, -0.05) is 0 Å². The molecule has 1 N–H and O–H groups in total. The number of rotatable bonds is 2. The van der Waals surface area contributed by atoms with Gasteiger partial charge in [-0.2, -0.15) is 4.39 Å². The fraction of sp³-hybridized carbons (Fsp3) is 0.222. The Kier molecular flexibility index (Phi) is 3.87. The zero-order valence-electron chi connectivity index (χ0n) is 8.29. The van der Waals surface area contributed by atoms with Crippen LogP contribution in [-0.2, 0) is 14.3 Å². The first-order chi connectivity index (χ1) is 7.54. The van der Waals surface area contributed by atoms with Crippen molar-refractivity contribution < 1.29 is 23.1 Å². The van der Waals surface area contributed by atoms with Gasteiger partial charge in [0.2, 0.25) is 5.95 Å². The number of ether oxygens (including phenoxy) is 1. The van der Waals surface area contributed by atoms with Gasteiger partial charge in [0.15, 0.2) is 5.82 Å². The fourth-order valence-corrected chi connectivity index (χ4v) is 0.869. The molecule has 0 atom stereocenters. The first-order valence-corrected chi connectivity index (χ1v) is 4.33.